The number of anilines is 2. The fourth-order valence-electron chi connectivity index (χ4n) is 1.91. The van der Waals surface area contributed by atoms with Gasteiger partial charge in [0.25, 0.3) is 0 Å². The zero-order valence-electron chi connectivity index (χ0n) is 11.5. The Bertz CT molecular complexity index is 505. The highest BCUT2D eigenvalue weighted by Gasteiger charge is 2.06. The van der Waals surface area contributed by atoms with Crippen LogP contribution in [0.3, 0.4) is 0 Å². The van der Waals surface area contributed by atoms with Gasteiger partial charge in [-0.05, 0) is 36.2 Å². The molecule has 0 aliphatic carbocycles. The summed E-state index contributed by atoms with van der Waals surface area (Å²) in [4.78, 5) is 2.02. The van der Waals surface area contributed by atoms with Crippen molar-refractivity contribution in [2.24, 2.45) is 5.73 Å². The molecule has 1 aromatic heterocycles. The van der Waals surface area contributed by atoms with Crippen LogP contribution in [0, 0.1) is 0 Å². The minimum Gasteiger partial charge on any atom is -0.328 e. The smallest absolute Gasteiger partial charge is 0.155 e. The lowest BCUT2D eigenvalue weighted by molar-refractivity contribution is 0.834. The second-order valence-electron chi connectivity index (χ2n) is 4.56. The Morgan fingerprint density at radius 2 is 1.79 bits per heavy atom. The molecule has 0 saturated heterocycles. The molecule has 4 nitrogen and oxygen atoms in total. The van der Waals surface area contributed by atoms with Crippen LogP contribution in [-0.2, 0) is 13.0 Å². The molecule has 4 heteroatoms. The van der Waals surface area contributed by atoms with Crippen molar-refractivity contribution < 1.29 is 0 Å². The first-order valence-electron chi connectivity index (χ1n) is 6.60. The van der Waals surface area contributed by atoms with Gasteiger partial charge >= 0.3 is 0 Å². The molecule has 2 rings (SSSR count). The zero-order chi connectivity index (χ0) is 13.7. The van der Waals surface area contributed by atoms with E-state index < -0.39 is 0 Å². The summed E-state index contributed by atoms with van der Waals surface area (Å²) in [7, 11) is 1.99. The molecule has 2 aromatic rings. The van der Waals surface area contributed by atoms with Crippen molar-refractivity contribution >= 4 is 11.5 Å². The van der Waals surface area contributed by atoms with E-state index in [1.807, 2.05) is 48.3 Å². The normalized spacial score (nSPS) is 10.5. The molecule has 1 heterocycles. The van der Waals surface area contributed by atoms with Crippen LogP contribution in [0.5, 0.6) is 0 Å². The van der Waals surface area contributed by atoms with Crippen molar-refractivity contribution in [3.05, 3.63) is 47.7 Å². The van der Waals surface area contributed by atoms with Gasteiger partial charge in [-0.1, -0.05) is 25.5 Å². The van der Waals surface area contributed by atoms with Gasteiger partial charge in [0, 0.05) is 19.3 Å². The van der Waals surface area contributed by atoms with E-state index in [1.54, 1.807) is 0 Å². The van der Waals surface area contributed by atoms with E-state index in [0.717, 1.165) is 35.6 Å². The molecule has 19 heavy (non-hydrogen) atoms. The van der Waals surface area contributed by atoms with Crippen LogP contribution >= 0.6 is 0 Å². The minimum absolute atomic E-state index is 0.565. The van der Waals surface area contributed by atoms with Crippen molar-refractivity contribution in [1.29, 1.82) is 0 Å². The molecule has 0 spiro atoms. The van der Waals surface area contributed by atoms with E-state index in [9.17, 15) is 0 Å². The van der Waals surface area contributed by atoms with E-state index in [1.165, 1.54) is 0 Å². The molecule has 0 saturated carbocycles. The summed E-state index contributed by atoms with van der Waals surface area (Å²) in [5.74, 6) is 0.848. The van der Waals surface area contributed by atoms with Crippen LogP contribution in [0.1, 0.15) is 24.6 Å². The van der Waals surface area contributed by atoms with E-state index in [-0.39, 0.29) is 0 Å². The third-order valence-electron chi connectivity index (χ3n) is 3.11. The molecule has 0 atom stereocenters. The van der Waals surface area contributed by atoms with Gasteiger partial charge in [-0.15, -0.1) is 5.10 Å². The summed E-state index contributed by atoms with van der Waals surface area (Å²) in [6.45, 7) is 2.70. The molecule has 0 aliphatic rings. The third-order valence-corrected chi connectivity index (χ3v) is 3.11. The van der Waals surface area contributed by atoms with Crippen molar-refractivity contribution in [3.8, 4) is 0 Å². The number of aromatic nitrogens is 2. The second-order valence-corrected chi connectivity index (χ2v) is 4.56. The number of nitrogens with zero attached hydrogens (tertiary/aromatic N) is 3. The van der Waals surface area contributed by atoms with Gasteiger partial charge in [-0.3, -0.25) is 0 Å². The highest BCUT2D eigenvalue weighted by Crippen LogP contribution is 2.21. The molecule has 0 amide bonds. The van der Waals surface area contributed by atoms with Gasteiger partial charge in [-0.2, -0.15) is 5.10 Å². The first-order valence-corrected chi connectivity index (χ1v) is 6.60. The van der Waals surface area contributed by atoms with Gasteiger partial charge in [0.2, 0.25) is 0 Å². The van der Waals surface area contributed by atoms with Crippen LogP contribution in [-0.4, -0.2) is 17.2 Å². The lowest BCUT2D eigenvalue weighted by Crippen LogP contribution is -2.12. The highest BCUT2D eigenvalue weighted by atomic mass is 15.2. The van der Waals surface area contributed by atoms with E-state index in [0.29, 0.717) is 6.54 Å². The van der Waals surface area contributed by atoms with Crippen molar-refractivity contribution in [2.75, 3.05) is 11.9 Å². The molecular formula is C15H20N4. The number of rotatable bonds is 5. The van der Waals surface area contributed by atoms with E-state index in [4.69, 9.17) is 5.73 Å². The van der Waals surface area contributed by atoms with Gasteiger partial charge in [0.1, 0.15) is 0 Å². The fraction of sp³-hybridized carbons (Fsp3) is 0.333. The number of aryl methyl sites for hydroxylation is 1. The standard InChI is InChI=1S/C15H20N4/c1-3-4-13-7-10-15(18-17-13)19(2)14-8-5-12(11-16)6-9-14/h5-10H,3-4,11,16H2,1-2H3. The maximum Gasteiger partial charge on any atom is 0.155 e. The topological polar surface area (TPSA) is 55.0 Å². The van der Waals surface area contributed by atoms with Crippen molar-refractivity contribution in [1.82, 2.24) is 10.2 Å². The van der Waals surface area contributed by atoms with Crippen LogP contribution in [0.4, 0.5) is 11.5 Å². The number of nitrogens with two attached hydrogens (primary N) is 1. The largest absolute Gasteiger partial charge is 0.328 e. The summed E-state index contributed by atoms with van der Waals surface area (Å²) in [5.41, 5.74) is 8.84. The number of hydrogen-bond acceptors (Lipinski definition) is 4. The molecule has 0 bridgehead atoms. The SMILES string of the molecule is CCCc1ccc(N(C)c2ccc(CN)cc2)nn1. The maximum atomic E-state index is 5.60. The fourth-order valence-corrected chi connectivity index (χ4v) is 1.91. The molecule has 0 radical (unpaired) electrons. The monoisotopic (exact) mass is 256 g/mol. The first kappa shape index (κ1) is 13.5. The Kier molecular flexibility index (Phi) is 4.47. The second kappa shape index (κ2) is 6.29. The predicted octanol–water partition coefficient (Wildman–Crippen LogP) is 2.66. The van der Waals surface area contributed by atoms with Gasteiger partial charge < -0.3 is 10.6 Å². The lowest BCUT2D eigenvalue weighted by Gasteiger charge is -2.18. The van der Waals surface area contributed by atoms with E-state index >= 15 is 0 Å². The zero-order valence-corrected chi connectivity index (χ0v) is 11.5. The maximum absolute atomic E-state index is 5.60. The first-order chi connectivity index (χ1) is 9.24. The Labute approximate surface area is 114 Å². The molecular weight excluding hydrogens is 236 g/mol. The predicted molar refractivity (Wildman–Crippen MR) is 78.4 cm³/mol. The average Bonchev–Trinajstić information content (AvgIpc) is 2.48. The summed E-state index contributed by atoms with van der Waals surface area (Å²) in [5, 5.41) is 8.50. The molecule has 0 aliphatic heterocycles. The summed E-state index contributed by atoms with van der Waals surface area (Å²) >= 11 is 0. The molecule has 0 unspecified atom stereocenters. The van der Waals surface area contributed by atoms with Crippen LogP contribution in [0.15, 0.2) is 36.4 Å². The quantitative estimate of drug-likeness (QED) is 0.893. The Hall–Kier alpha value is -1.94. The molecule has 2 N–H and O–H groups in total. The van der Waals surface area contributed by atoms with Gasteiger partial charge in [-0.25, -0.2) is 0 Å². The Balaban J connectivity index is 2.15. The molecule has 0 fully saturated rings. The van der Waals surface area contributed by atoms with Gasteiger partial charge in [0.15, 0.2) is 5.82 Å². The van der Waals surface area contributed by atoms with Crippen molar-refractivity contribution in [3.63, 3.8) is 0 Å². The highest BCUT2D eigenvalue weighted by molar-refractivity contribution is 5.58. The average molecular weight is 256 g/mol. The van der Waals surface area contributed by atoms with Crippen molar-refractivity contribution in [2.45, 2.75) is 26.3 Å². The summed E-state index contributed by atoms with van der Waals surface area (Å²) in [6, 6.07) is 12.2. The Morgan fingerprint density at radius 1 is 1.05 bits per heavy atom. The molecule has 100 valence electrons. The van der Waals surface area contributed by atoms with E-state index in [2.05, 4.69) is 17.1 Å². The third kappa shape index (κ3) is 3.29. The van der Waals surface area contributed by atoms with Crippen LogP contribution in [0.2, 0.25) is 0 Å². The Morgan fingerprint density at radius 3 is 2.32 bits per heavy atom. The minimum atomic E-state index is 0.565. The number of benzene rings is 1. The van der Waals surface area contributed by atoms with Gasteiger partial charge in [0.05, 0.1) is 5.69 Å². The van der Waals surface area contributed by atoms with Crippen LogP contribution in [0.25, 0.3) is 0 Å². The summed E-state index contributed by atoms with van der Waals surface area (Å²) in [6.07, 6.45) is 2.06. The lowest BCUT2D eigenvalue weighted by atomic mass is 10.2. The molecule has 1 aromatic carbocycles. The summed E-state index contributed by atoms with van der Waals surface area (Å²) < 4.78 is 0. The number of hydrogen-bond donors (Lipinski definition) is 1. The van der Waals surface area contributed by atoms with Crippen LogP contribution < -0.4 is 10.6 Å².